The summed E-state index contributed by atoms with van der Waals surface area (Å²) in [5, 5.41) is 0. The van der Waals surface area contributed by atoms with Crippen LogP contribution in [0.5, 0.6) is 0 Å². The number of nitrogens with one attached hydrogen (secondary N) is 1. The topological polar surface area (TPSA) is 76.4 Å². The highest BCUT2D eigenvalue weighted by Gasteiger charge is 2.19. The normalized spacial score (nSPS) is 11.7. The second-order valence-electron chi connectivity index (χ2n) is 7.22. The van der Waals surface area contributed by atoms with Crippen LogP contribution in [-0.4, -0.2) is 22.8 Å². The molecule has 0 fully saturated rings. The van der Waals surface area contributed by atoms with Gasteiger partial charge in [-0.25, -0.2) is 18.4 Å². The monoisotopic (exact) mass is 406 g/mol. The van der Waals surface area contributed by atoms with Gasteiger partial charge in [0.2, 0.25) is 5.78 Å². The van der Waals surface area contributed by atoms with Gasteiger partial charge < -0.3 is 0 Å². The van der Waals surface area contributed by atoms with Crippen LogP contribution >= 0.6 is 0 Å². The number of hydrogen-bond acceptors (Lipinski definition) is 4. The van der Waals surface area contributed by atoms with Gasteiger partial charge in [-0.15, -0.1) is 0 Å². The molecule has 1 N–H and O–H groups in total. The zero-order valence-electron chi connectivity index (χ0n) is 16.8. The van der Waals surface area contributed by atoms with E-state index in [1.54, 1.807) is 24.4 Å². The quantitative estimate of drug-likeness (QED) is 0.544. The molecular weight excluding hydrogens is 384 g/mol. The maximum Gasteiger partial charge on any atom is 0.262 e. The van der Waals surface area contributed by atoms with E-state index in [0.29, 0.717) is 16.4 Å². The number of imidazole rings is 1. The van der Waals surface area contributed by atoms with Gasteiger partial charge in [0.15, 0.2) is 0 Å². The molecule has 0 saturated heterocycles. The van der Waals surface area contributed by atoms with Crippen LogP contribution in [0.1, 0.15) is 22.4 Å². The van der Waals surface area contributed by atoms with Crippen LogP contribution in [0, 0.1) is 27.7 Å². The molecule has 29 heavy (non-hydrogen) atoms. The Balaban J connectivity index is 1.72. The van der Waals surface area contributed by atoms with E-state index in [1.165, 1.54) is 0 Å². The van der Waals surface area contributed by atoms with Crippen molar-refractivity contribution in [3.05, 3.63) is 77.2 Å². The van der Waals surface area contributed by atoms with E-state index < -0.39 is 10.0 Å². The lowest BCUT2D eigenvalue weighted by molar-refractivity contribution is 0.600. The van der Waals surface area contributed by atoms with Crippen LogP contribution in [0.3, 0.4) is 0 Å². The molecule has 0 spiro atoms. The highest BCUT2D eigenvalue weighted by molar-refractivity contribution is 7.92. The van der Waals surface area contributed by atoms with E-state index in [9.17, 15) is 8.42 Å². The Hall–Kier alpha value is -3.19. The van der Waals surface area contributed by atoms with E-state index in [2.05, 4.69) is 14.7 Å². The molecular formula is C22H22N4O2S. The first kappa shape index (κ1) is 19.1. The Morgan fingerprint density at radius 3 is 2.45 bits per heavy atom. The predicted molar refractivity (Wildman–Crippen MR) is 115 cm³/mol. The predicted octanol–water partition coefficient (Wildman–Crippen LogP) is 4.43. The first-order valence-electron chi connectivity index (χ1n) is 9.27. The molecule has 2 heterocycles. The first-order chi connectivity index (χ1) is 13.8. The van der Waals surface area contributed by atoms with Crippen molar-refractivity contribution < 1.29 is 8.42 Å². The summed E-state index contributed by atoms with van der Waals surface area (Å²) in [6.45, 7) is 7.66. The smallest absolute Gasteiger partial charge is 0.262 e. The number of rotatable bonds is 4. The summed E-state index contributed by atoms with van der Waals surface area (Å²) in [5.41, 5.74) is 5.76. The van der Waals surface area contributed by atoms with Gasteiger partial charge in [0.25, 0.3) is 10.0 Å². The van der Waals surface area contributed by atoms with Crippen LogP contribution in [0.25, 0.3) is 17.0 Å². The van der Waals surface area contributed by atoms with Crippen LogP contribution in [0.2, 0.25) is 0 Å². The Morgan fingerprint density at radius 1 is 0.931 bits per heavy atom. The van der Waals surface area contributed by atoms with Gasteiger partial charge in [0, 0.05) is 29.3 Å². The van der Waals surface area contributed by atoms with Gasteiger partial charge in [-0.05, 0) is 68.7 Å². The van der Waals surface area contributed by atoms with Crippen LogP contribution < -0.4 is 4.72 Å². The number of anilines is 1. The average molecular weight is 407 g/mol. The van der Waals surface area contributed by atoms with Crippen LogP contribution in [-0.2, 0) is 10.0 Å². The minimum atomic E-state index is -3.70. The third-order valence-corrected chi connectivity index (χ3v) is 6.63. The summed E-state index contributed by atoms with van der Waals surface area (Å²) < 4.78 is 30.6. The second kappa shape index (κ2) is 7.00. The van der Waals surface area contributed by atoms with Gasteiger partial charge in [0.05, 0.1) is 10.6 Å². The van der Waals surface area contributed by atoms with E-state index in [-0.39, 0.29) is 0 Å². The largest absolute Gasteiger partial charge is 0.288 e. The molecule has 0 saturated carbocycles. The van der Waals surface area contributed by atoms with E-state index in [0.717, 1.165) is 33.6 Å². The number of sulfonamides is 1. The number of aryl methyl sites for hydroxylation is 4. The zero-order chi connectivity index (χ0) is 20.8. The molecule has 0 radical (unpaired) electrons. The lowest BCUT2D eigenvalue weighted by atomic mass is 10.1. The van der Waals surface area contributed by atoms with Crippen molar-refractivity contribution in [1.82, 2.24) is 14.4 Å². The van der Waals surface area contributed by atoms with Gasteiger partial charge in [-0.1, -0.05) is 18.2 Å². The van der Waals surface area contributed by atoms with Gasteiger partial charge in [-0.2, -0.15) is 0 Å². The Bertz CT molecular complexity index is 1340. The highest BCUT2D eigenvalue weighted by Crippen LogP contribution is 2.28. The van der Waals surface area contributed by atoms with Gasteiger partial charge in [-0.3, -0.25) is 9.12 Å². The summed E-state index contributed by atoms with van der Waals surface area (Å²) >= 11 is 0. The van der Waals surface area contributed by atoms with Crippen molar-refractivity contribution in [2.75, 3.05) is 4.72 Å². The molecule has 0 aliphatic carbocycles. The highest BCUT2D eigenvalue weighted by atomic mass is 32.2. The molecule has 0 unspecified atom stereocenters. The molecule has 0 atom stereocenters. The summed E-state index contributed by atoms with van der Waals surface area (Å²) in [7, 11) is -3.70. The lowest BCUT2D eigenvalue weighted by Gasteiger charge is -2.13. The number of hydrogen-bond donors (Lipinski definition) is 1. The average Bonchev–Trinajstić information content (AvgIpc) is 3.01. The van der Waals surface area contributed by atoms with Crippen molar-refractivity contribution in [2.24, 2.45) is 0 Å². The molecule has 0 aliphatic heterocycles. The number of nitrogens with zero attached hydrogens (tertiary/aromatic N) is 3. The maximum absolute atomic E-state index is 13.0. The van der Waals surface area contributed by atoms with Crippen molar-refractivity contribution in [1.29, 1.82) is 0 Å². The van der Waals surface area contributed by atoms with Crippen molar-refractivity contribution in [2.45, 2.75) is 32.6 Å². The standard InChI is InChI=1S/C22H22N4O2S/c1-14-11-16(3)20(12-15(14)2)29(27,28)25-19-8-5-7-18(13-19)21-17(4)26-10-6-9-23-22(26)24-21/h5-13,25H,1-4H3. The summed E-state index contributed by atoms with van der Waals surface area (Å²) in [5.74, 6) is 0.608. The fourth-order valence-corrected chi connectivity index (χ4v) is 4.80. The van der Waals surface area contributed by atoms with Gasteiger partial charge in [0.1, 0.15) is 0 Å². The Labute approximate surface area is 170 Å². The van der Waals surface area contributed by atoms with Crippen LogP contribution in [0.4, 0.5) is 5.69 Å². The SMILES string of the molecule is Cc1cc(C)c(S(=O)(=O)Nc2cccc(-c3nc4ncccn4c3C)c2)cc1C. The molecule has 148 valence electrons. The molecule has 6 nitrogen and oxygen atoms in total. The molecule has 2 aromatic carbocycles. The summed E-state index contributed by atoms with van der Waals surface area (Å²) in [6.07, 6.45) is 3.60. The van der Waals surface area contributed by atoms with E-state index in [1.807, 2.05) is 62.6 Å². The van der Waals surface area contributed by atoms with E-state index in [4.69, 9.17) is 0 Å². The second-order valence-corrected chi connectivity index (χ2v) is 8.87. The van der Waals surface area contributed by atoms with Gasteiger partial charge >= 0.3 is 0 Å². The number of benzene rings is 2. The summed E-state index contributed by atoms with van der Waals surface area (Å²) in [6, 6.07) is 12.7. The van der Waals surface area contributed by atoms with Crippen LogP contribution in [0.15, 0.2) is 59.8 Å². The maximum atomic E-state index is 13.0. The zero-order valence-corrected chi connectivity index (χ0v) is 17.6. The van der Waals surface area contributed by atoms with Crippen molar-refractivity contribution in [3.8, 4) is 11.3 Å². The molecule has 2 aromatic heterocycles. The Morgan fingerprint density at radius 2 is 1.69 bits per heavy atom. The number of aromatic nitrogens is 3. The first-order valence-corrected chi connectivity index (χ1v) is 10.8. The molecule has 4 aromatic rings. The Kier molecular flexibility index (Phi) is 4.62. The molecule has 7 heteroatoms. The number of fused-ring (bicyclic) bond motifs is 1. The lowest BCUT2D eigenvalue weighted by Crippen LogP contribution is -2.14. The third-order valence-electron chi connectivity index (χ3n) is 5.11. The fraction of sp³-hybridized carbons (Fsp3) is 0.182. The fourth-order valence-electron chi connectivity index (χ4n) is 3.44. The van der Waals surface area contributed by atoms with E-state index >= 15 is 0 Å². The summed E-state index contributed by atoms with van der Waals surface area (Å²) in [4.78, 5) is 9.15. The minimum absolute atomic E-state index is 0.291. The molecule has 4 rings (SSSR count). The molecule has 0 bridgehead atoms. The molecule has 0 aliphatic rings. The van der Waals surface area contributed by atoms with Crippen molar-refractivity contribution >= 4 is 21.5 Å². The molecule has 0 amide bonds. The minimum Gasteiger partial charge on any atom is -0.288 e. The third kappa shape index (κ3) is 3.49. The van der Waals surface area contributed by atoms with Crippen molar-refractivity contribution in [3.63, 3.8) is 0 Å².